The zero-order chi connectivity index (χ0) is 19.1. The van der Waals surface area contributed by atoms with Gasteiger partial charge in [0.15, 0.2) is 0 Å². The van der Waals surface area contributed by atoms with E-state index < -0.39 is 0 Å². The SMILES string of the molecule is C[C@H]1Cc2ccccc2N1C(=O)CN1CCCC[C@H]1c1nc2ccccc2s1. The van der Waals surface area contributed by atoms with Crippen molar-refractivity contribution in [2.45, 2.75) is 44.7 Å². The summed E-state index contributed by atoms with van der Waals surface area (Å²) in [6, 6.07) is 17.1. The summed E-state index contributed by atoms with van der Waals surface area (Å²) >= 11 is 1.78. The Labute approximate surface area is 169 Å². The van der Waals surface area contributed by atoms with E-state index >= 15 is 0 Å². The third-order valence-electron chi connectivity index (χ3n) is 6.02. The summed E-state index contributed by atoms with van der Waals surface area (Å²) in [4.78, 5) is 22.6. The standard InChI is InChI=1S/C23H25N3OS/c1-16-14-17-8-2-4-10-19(17)26(16)22(27)15-25-13-7-6-11-20(25)23-24-18-9-3-5-12-21(18)28-23/h2-5,8-10,12,16,20H,6-7,11,13-15H2,1H3/t16-,20-/m0/s1. The van der Waals surface area contributed by atoms with Gasteiger partial charge in [-0.1, -0.05) is 36.8 Å². The van der Waals surface area contributed by atoms with Crippen LogP contribution in [0.4, 0.5) is 5.69 Å². The molecule has 144 valence electrons. The summed E-state index contributed by atoms with van der Waals surface area (Å²) in [5.41, 5.74) is 3.44. The van der Waals surface area contributed by atoms with Crippen LogP contribution in [0, 0.1) is 0 Å². The van der Waals surface area contributed by atoms with Gasteiger partial charge >= 0.3 is 0 Å². The van der Waals surface area contributed by atoms with Crippen molar-refractivity contribution < 1.29 is 4.79 Å². The number of hydrogen-bond acceptors (Lipinski definition) is 4. The first-order chi connectivity index (χ1) is 13.7. The van der Waals surface area contributed by atoms with Crippen LogP contribution in [0.5, 0.6) is 0 Å². The van der Waals surface area contributed by atoms with Gasteiger partial charge in [0, 0.05) is 11.7 Å². The first kappa shape index (κ1) is 17.8. The summed E-state index contributed by atoms with van der Waals surface area (Å²) in [6.45, 7) is 3.59. The molecular weight excluding hydrogens is 366 g/mol. The van der Waals surface area contributed by atoms with Gasteiger partial charge in [0.05, 0.1) is 22.8 Å². The fourth-order valence-corrected chi connectivity index (χ4v) is 5.83. The maximum absolute atomic E-state index is 13.3. The van der Waals surface area contributed by atoms with Crippen molar-refractivity contribution in [1.29, 1.82) is 0 Å². The molecule has 1 aromatic heterocycles. The second kappa shape index (κ2) is 7.30. The zero-order valence-corrected chi connectivity index (χ0v) is 17.0. The van der Waals surface area contributed by atoms with E-state index in [2.05, 4.69) is 48.2 Å². The van der Waals surface area contributed by atoms with Gasteiger partial charge in [0.1, 0.15) is 5.01 Å². The highest BCUT2D eigenvalue weighted by Crippen LogP contribution is 2.37. The lowest BCUT2D eigenvalue weighted by Crippen LogP contribution is -2.45. The van der Waals surface area contributed by atoms with E-state index in [-0.39, 0.29) is 18.0 Å². The molecule has 3 aromatic rings. The molecule has 2 aliphatic heterocycles. The number of likely N-dealkylation sites (tertiary alicyclic amines) is 1. The number of hydrogen-bond donors (Lipinski definition) is 0. The Balaban J connectivity index is 1.39. The highest BCUT2D eigenvalue weighted by molar-refractivity contribution is 7.18. The molecule has 0 aliphatic carbocycles. The maximum Gasteiger partial charge on any atom is 0.241 e. The molecule has 28 heavy (non-hydrogen) atoms. The Bertz CT molecular complexity index is 981. The van der Waals surface area contributed by atoms with Crippen molar-refractivity contribution in [2.75, 3.05) is 18.0 Å². The van der Waals surface area contributed by atoms with Crippen molar-refractivity contribution >= 4 is 33.1 Å². The lowest BCUT2D eigenvalue weighted by molar-refractivity contribution is -0.121. The molecule has 0 N–H and O–H groups in total. The Morgan fingerprint density at radius 1 is 1.14 bits per heavy atom. The van der Waals surface area contributed by atoms with Crippen LogP contribution in [0.3, 0.4) is 0 Å². The number of anilines is 1. The number of benzene rings is 2. The first-order valence-corrected chi connectivity index (χ1v) is 11.0. The highest BCUT2D eigenvalue weighted by Gasteiger charge is 2.34. The molecule has 0 bridgehead atoms. The molecule has 1 saturated heterocycles. The van der Waals surface area contributed by atoms with Crippen LogP contribution in [0.15, 0.2) is 48.5 Å². The van der Waals surface area contributed by atoms with Gasteiger partial charge in [-0.05, 0) is 56.5 Å². The molecule has 2 aromatic carbocycles. The van der Waals surface area contributed by atoms with Gasteiger partial charge in [0.25, 0.3) is 0 Å². The summed E-state index contributed by atoms with van der Waals surface area (Å²) in [5.74, 6) is 0.213. The Morgan fingerprint density at radius 2 is 1.96 bits per heavy atom. The molecule has 0 saturated carbocycles. The quantitative estimate of drug-likeness (QED) is 0.643. The number of para-hydroxylation sites is 2. The molecule has 0 unspecified atom stereocenters. The van der Waals surface area contributed by atoms with Gasteiger partial charge in [-0.25, -0.2) is 4.98 Å². The zero-order valence-electron chi connectivity index (χ0n) is 16.2. The topological polar surface area (TPSA) is 36.4 Å². The molecule has 4 nitrogen and oxygen atoms in total. The van der Waals surface area contributed by atoms with Crippen molar-refractivity contribution in [3.05, 3.63) is 59.1 Å². The first-order valence-electron chi connectivity index (χ1n) is 10.2. The van der Waals surface area contributed by atoms with E-state index in [0.717, 1.165) is 42.0 Å². The molecule has 2 aliphatic rings. The summed E-state index contributed by atoms with van der Waals surface area (Å²) in [7, 11) is 0. The van der Waals surface area contributed by atoms with E-state index in [1.807, 2.05) is 17.0 Å². The lowest BCUT2D eigenvalue weighted by Gasteiger charge is -2.35. The third-order valence-corrected chi connectivity index (χ3v) is 7.16. The van der Waals surface area contributed by atoms with Crippen molar-refractivity contribution in [2.24, 2.45) is 0 Å². The molecule has 2 atom stereocenters. The van der Waals surface area contributed by atoms with Crippen LogP contribution in [0.25, 0.3) is 10.2 Å². The molecule has 1 fully saturated rings. The highest BCUT2D eigenvalue weighted by atomic mass is 32.1. The molecule has 3 heterocycles. The number of amides is 1. The Kier molecular flexibility index (Phi) is 4.65. The van der Waals surface area contributed by atoms with E-state index in [0.29, 0.717) is 6.54 Å². The normalized spacial score (nSPS) is 22.5. The minimum atomic E-state index is 0.213. The number of thiazole rings is 1. The summed E-state index contributed by atoms with van der Waals surface area (Å²) < 4.78 is 1.23. The number of piperidine rings is 1. The molecule has 0 spiro atoms. The van der Waals surface area contributed by atoms with E-state index in [9.17, 15) is 4.79 Å². The molecule has 5 rings (SSSR count). The van der Waals surface area contributed by atoms with Crippen LogP contribution in [0.1, 0.15) is 42.8 Å². The van der Waals surface area contributed by atoms with Gasteiger partial charge in [0.2, 0.25) is 5.91 Å². The Morgan fingerprint density at radius 3 is 2.86 bits per heavy atom. The van der Waals surface area contributed by atoms with Gasteiger partial charge in [-0.2, -0.15) is 0 Å². The van der Waals surface area contributed by atoms with Crippen LogP contribution in [-0.2, 0) is 11.2 Å². The predicted molar refractivity (Wildman–Crippen MR) is 115 cm³/mol. The van der Waals surface area contributed by atoms with Gasteiger partial charge in [-0.15, -0.1) is 11.3 Å². The second-order valence-electron chi connectivity index (χ2n) is 7.95. The smallest absolute Gasteiger partial charge is 0.241 e. The van der Waals surface area contributed by atoms with Crippen LogP contribution >= 0.6 is 11.3 Å². The van der Waals surface area contributed by atoms with Crippen LogP contribution in [-0.4, -0.2) is 34.9 Å². The molecular formula is C23H25N3OS. The molecule has 0 radical (unpaired) electrons. The average molecular weight is 392 g/mol. The average Bonchev–Trinajstić information content (AvgIpc) is 3.28. The fourth-order valence-electron chi connectivity index (χ4n) is 4.69. The van der Waals surface area contributed by atoms with Crippen LogP contribution < -0.4 is 4.90 Å². The maximum atomic E-state index is 13.3. The predicted octanol–water partition coefficient (Wildman–Crippen LogP) is 4.80. The minimum Gasteiger partial charge on any atom is -0.308 e. The third kappa shape index (κ3) is 3.12. The number of fused-ring (bicyclic) bond motifs is 2. The van der Waals surface area contributed by atoms with Crippen molar-refractivity contribution in [1.82, 2.24) is 9.88 Å². The number of carbonyl (C=O) groups is 1. The van der Waals surface area contributed by atoms with Crippen LogP contribution in [0.2, 0.25) is 0 Å². The monoisotopic (exact) mass is 391 g/mol. The van der Waals surface area contributed by atoms with E-state index in [4.69, 9.17) is 4.98 Å². The van der Waals surface area contributed by atoms with Gasteiger partial charge in [-0.3, -0.25) is 9.69 Å². The van der Waals surface area contributed by atoms with Crippen molar-refractivity contribution in [3.8, 4) is 0 Å². The largest absolute Gasteiger partial charge is 0.308 e. The number of aromatic nitrogens is 1. The van der Waals surface area contributed by atoms with Gasteiger partial charge < -0.3 is 4.90 Å². The Hall–Kier alpha value is -2.24. The number of nitrogens with zero attached hydrogens (tertiary/aromatic N) is 3. The second-order valence-corrected chi connectivity index (χ2v) is 9.01. The molecule has 1 amide bonds. The number of carbonyl (C=O) groups excluding carboxylic acids is 1. The summed E-state index contributed by atoms with van der Waals surface area (Å²) in [6.07, 6.45) is 4.39. The minimum absolute atomic E-state index is 0.213. The fraction of sp³-hybridized carbons (Fsp3) is 0.391. The van der Waals surface area contributed by atoms with Crippen molar-refractivity contribution in [3.63, 3.8) is 0 Å². The summed E-state index contributed by atoms with van der Waals surface area (Å²) in [5, 5.41) is 1.16. The lowest BCUT2D eigenvalue weighted by atomic mass is 10.0. The molecule has 5 heteroatoms. The van der Waals surface area contributed by atoms with E-state index in [1.165, 1.54) is 16.7 Å². The van der Waals surface area contributed by atoms with E-state index in [1.54, 1.807) is 11.3 Å². The number of rotatable bonds is 3.